The molecule has 0 saturated carbocycles. The molecule has 3 aromatic carbocycles. The van der Waals surface area contributed by atoms with E-state index in [-0.39, 0.29) is 22.5 Å². The molecule has 32 heavy (non-hydrogen) atoms. The highest BCUT2D eigenvalue weighted by molar-refractivity contribution is 7.90. The lowest BCUT2D eigenvalue weighted by Gasteiger charge is -2.19. The SMILES string of the molecule is Cc1ccc(C(=O)NS(=O)(=O)c2ccc(C(C)(C)C)cc2)c(OCc2ccc(Cl)cc2)c1. The number of carbonyl (C=O) groups is 1. The van der Waals surface area contributed by atoms with E-state index in [1.807, 2.05) is 39.8 Å². The predicted molar refractivity (Wildman–Crippen MR) is 127 cm³/mol. The van der Waals surface area contributed by atoms with Crippen LogP contribution < -0.4 is 9.46 Å². The molecule has 0 radical (unpaired) electrons. The molecule has 168 valence electrons. The fraction of sp³-hybridized carbons (Fsp3) is 0.240. The Bertz CT molecular complexity index is 1210. The molecule has 3 rings (SSSR count). The number of halogens is 1. The van der Waals surface area contributed by atoms with E-state index in [1.165, 1.54) is 12.1 Å². The monoisotopic (exact) mass is 471 g/mol. The lowest BCUT2D eigenvalue weighted by molar-refractivity contribution is 0.0977. The lowest BCUT2D eigenvalue weighted by atomic mass is 9.87. The summed E-state index contributed by atoms with van der Waals surface area (Å²) in [7, 11) is -4.04. The number of ether oxygens (including phenoxy) is 1. The van der Waals surface area contributed by atoms with Gasteiger partial charge < -0.3 is 4.74 Å². The van der Waals surface area contributed by atoms with E-state index < -0.39 is 15.9 Å². The quantitative estimate of drug-likeness (QED) is 0.504. The lowest BCUT2D eigenvalue weighted by Crippen LogP contribution is -2.31. The van der Waals surface area contributed by atoms with Crippen molar-refractivity contribution in [2.45, 2.75) is 44.6 Å². The number of sulfonamides is 1. The highest BCUT2D eigenvalue weighted by Crippen LogP contribution is 2.25. The molecule has 0 atom stereocenters. The van der Waals surface area contributed by atoms with Gasteiger partial charge in [-0.2, -0.15) is 0 Å². The summed E-state index contributed by atoms with van der Waals surface area (Å²) >= 11 is 5.91. The largest absolute Gasteiger partial charge is 0.488 e. The van der Waals surface area contributed by atoms with Gasteiger partial charge in [0.2, 0.25) is 0 Å². The first-order chi connectivity index (χ1) is 15.0. The van der Waals surface area contributed by atoms with Crippen molar-refractivity contribution in [2.75, 3.05) is 0 Å². The van der Waals surface area contributed by atoms with Crippen molar-refractivity contribution in [1.82, 2.24) is 4.72 Å². The van der Waals surface area contributed by atoms with Gasteiger partial charge in [0.05, 0.1) is 10.5 Å². The van der Waals surface area contributed by atoms with Gasteiger partial charge in [-0.25, -0.2) is 13.1 Å². The van der Waals surface area contributed by atoms with Gasteiger partial charge in [0, 0.05) is 5.02 Å². The van der Waals surface area contributed by atoms with Crippen LogP contribution >= 0.6 is 11.6 Å². The molecule has 0 fully saturated rings. The summed E-state index contributed by atoms with van der Waals surface area (Å²) in [6.07, 6.45) is 0. The molecule has 0 spiro atoms. The number of hydrogen-bond acceptors (Lipinski definition) is 4. The van der Waals surface area contributed by atoms with Crippen molar-refractivity contribution in [2.24, 2.45) is 0 Å². The topological polar surface area (TPSA) is 72.5 Å². The van der Waals surface area contributed by atoms with Crippen LogP contribution in [0, 0.1) is 6.92 Å². The first kappa shape index (κ1) is 23.8. The number of benzene rings is 3. The molecule has 0 saturated heterocycles. The molecular weight excluding hydrogens is 446 g/mol. The summed E-state index contributed by atoms with van der Waals surface area (Å²) in [5.41, 5.74) is 2.78. The van der Waals surface area contributed by atoms with Crippen molar-refractivity contribution in [3.8, 4) is 5.75 Å². The minimum absolute atomic E-state index is 0.0228. The van der Waals surface area contributed by atoms with Gasteiger partial charge in [0.1, 0.15) is 12.4 Å². The summed E-state index contributed by atoms with van der Waals surface area (Å²) in [6.45, 7) is 8.20. The van der Waals surface area contributed by atoms with Crippen LogP contribution in [0.15, 0.2) is 71.6 Å². The molecule has 3 aromatic rings. The predicted octanol–water partition coefficient (Wildman–Crippen LogP) is 5.64. The molecule has 0 aliphatic heterocycles. The van der Waals surface area contributed by atoms with Crippen LogP contribution in [0.25, 0.3) is 0 Å². The number of nitrogens with one attached hydrogen (secondary N) is 1. The normalized spacial score (nSPS) is 11.8. The van der Waals surface area contributed by atoms with E-state index in [4.69, 9.17) is 16.3 Å². The maximum atomic E-state index is 12.9. The second-order valence-corrected chi connectivity index (χ2v) is 10.7. The Kier molecular flexibility index (Phi) is 6.96. The fourth-order valence-electron chi connectivity index (χ4n) is 3.05. The van der Waals surface area contributed by atoms with Gasteiger partial charge in [0.15, 0.2) is 0 Å². The number of rotatable bonds is 6. The number of aryl methyl sites for hydroxylation is 1. The Morgan fingerprint density at radius 3 is 2.19 bits per heavy atom. The van der Waals surface area contributed by atoms with E-state index in [9.17, 15) is 13.2 Å². The third kappa shape index (κ3) is 5.90. The number of hydrogen-bond donors (Lipinski definition) is 1. The van der Waals surface area contributed by atoms with Crippen LogP contribution in [0.1, 0.15) is 47.8 Å². The first-order valence-corrected chi connectivity index (χ1v) is 12.0. The van der Waals surface area contributed by atoms with E-state index in [0.717, 1.165) is 16.7 Å². The van der Waals surface area contributed by atoms with Gasteiger partial charge in [-0.3, -0.25) is 4.79 Å². The van der Waals surface area contributed by atoms with Crippen LogP contribution in [0.2, 0.25) is 5.02 Å². The zero-order valence-corrected chi connectivity index (χ0v) is 20.0. The van der Waals surface area contributed by atoms with Crippen LogP contribution in [-0.2, 0) is 22.0 Å². The summed E-state index contributed by atoms with van der Waals surface area (Å²) in [5, 5.41) is 0.616. The zero-order valence-electron chi connectivity index (χ0n) is 18.5. The smallest absolute Gasteiger partial charge is 0.268 e. The molecule has 0 heterocycles. The second-order valence-electron chi connectivity index (χ2n) is 8.62. The molecule has 5 nitrogen and oxygen atoms in total. The Labute approximate surface area is 194 Å². The van der Waals surface area contributed by atoms with Gasteiger partial charge in [-0.15, -0.1) is 0 Å². The molecule has 0 aromatic heterocycles. The van der Waals surface area contributed by atoms with Crippen molar-refractivity contribution < 1.29 is 17.9 Å². The molecule has 1 N–H and O–H groups in total. The Balaban J connectivity index is 1.80. The van der Waals surface area contributed by atoms with Crippen LogP contribution in [0.5, 0.6) is 5.75 Å². The number of carbonyl (C=O) groups excluding carboxylic acids is 1. The standard InChI is InChI=1S/C25H26ClNO4S/c1-17-5-14-22(23(15-17)31-16-18-6-10-20(26)11-7-18)24(28)27-32(29,30)21-12-8-19(9-13-21)25(2,3)4/h5-15H,16H2,1-4H3,(H,27,28). The van der Waals surface area contributed by atoms with Crippen molar-refractivity contribution in [3.63, 3.8) is 0 Å². The first-order valence-electron chi connectivity index (χ1n) is 10.1. The molecule has 7 heteroatoms. The van der Waals surface area contributed by atoms with Crippen LogP contribution in [0.4, 0.5) is 0 Å². The van der Waals surface area contributed by atoms with Gasteiger partial charge in [-0.1, -0.05) is 62.7 Å². The van der Waals surface area contributed by atoms with Gasteiger partial charge in [-0.05, 0) is 65.4 Å². The third-order valence-electron chi connectivity index (χ3n) is 4.95. The third-order valence-corrected chi connectivity index (χ3v) is 6.55. The molecule has 0 unspecified atom stereocenters. The summed E-state index contributed by atoms with van der Waals surface area (Å²) in [5.74, 6) is -0.452. The molecule has 0 aliphatic carbocycles. The molecule has 0 aliphatic rings. The fourth-order valence-corrected chi connectivity index (χ4v) is 4.14. The number of amides is 1. The van der Waals surface area contributed by atoms with Gasteiger partial charge in [0.25, 0.3) is 15.9 Å². The second kappa shape index (κ2) is 9.35. The van der Waals surface area contributed by atoms with Crippen LogP contribution in [-0.4, -0.2) is 14.3 Å². The average molecular weight is 472 g/mol. The molecular formula is C25H26ClNO4S. The minimum Gasteiger partial charge on any atom is -0.488 e. The molecule has 1 amide bonds. The van der Waals surface area contributed by atoms with E-state index in [0.29, 0.717) is 10.8 Å². The van der Waals surface area contributed by atoms with E-state index in [2.05, 4.69) is 4.72 Å². The minimum atomic E-state index is -4.04. The summed E-state index contributed by atoms with van der Waals surface area (Å²) in [4.78, 5) is 12.9. The molecule has 0 bridgehead atoms. The van der Waals surface area contributed by atoms with Crippen molar-refractivity contribution in [1.29, 1.82) is 0 Å². The zero-order chi connectivity index (χ0) is 23.5. The Morgan fingerprint density at radius 1 is 0.969 bits per heavy atom. The highest BCUT2D eigenvalue weighted by atomic mass is 35.5. The maximum Gasteiger partial charge on any atom is 0.268 e. The van der Waals surface area contributed by atoms with E-state index >= 15 is 0 Å². The Morgan fingerprint density at radius 2 is 1.59 bits per heavy atom. The van der Waals surface area contributed by atoms with Crippen molar-refractivity contribution >= 4 is 27.5 Å². The van der Waals surface area contributed by atoms with E-state index in [1.54, 1.807) is 42.5 Å². The highest BCUT2D eigenvalue weighted by Gasteiger charge is 2.22. The maximum absolute atomic E-state index is 12.9. The Hall–Kier alpha value is -2.83. The summed E-state index contributed by atoms with van der Waals surface area (Å²) in [6, 6.07) is 18.7. The van der Waals surface area contributed by atoms with Crippen molar-refractivity contribution in [3.05, 3.63) is 94.0 Å². The van der Waals surface area contributed by atoms with Crippen LogP contribution in [0.3, 0.4) is 0 Å². The van der Waals surface area contributed by atoms with Gasteiger partial charge >= 0.3 is 0 Å². The average Bonchev–Trinajstić information content (AvgIpc) is 2.72. The summed E-state index contributed by atoms with van der Waals surface area (Å²) < 4.78 is 33.6.